The number of carbonyl (C=O) groups is 3. The first-order chi connectivity index (χ1) is 17.9. The molecule has 0 aliphatic rings. The molecule has 3 aromatic carbocycles. The Kier molecular flexibility index (Phi) is 11.1. The zero-order valence-corrected chi connectivity index (χ0v) is 23.6. The molecule has 1 atom stereocenters. The normalized spacial score (nSPS) is 11.6. The first-order valence-corrected chi connectivity index (χ1v) is 13.0. The van der Waals surface area contributed by atoms with Crippen molar-refractivity contribution in [1.82, 2.24) is 5.32 Å². The lowest BCUT2D eigenvalue weighted by atomic mass is 9.83. The molecule has 0 aliphatic carbocycles. The van der Waals surface area contributed by atoms with Gasteiger partial charge in [0.1, 0.15) is 6.04 Å². The van der Waals surface area contributed by atoms with Crippen LogP contribution < -0.4 is 10.6 Å². The second-order valence-corrected chi connectivity index (χ2v) is 10.6. The number of aryl methyl sites for hydroxylation is 1. The van der Waals surface area contributed by atoms with Gasteiger partial charge in [0.25, 0.3) is 11.8 Å². The maximum absolute atomic E-state index is 12.9. The van der Waals surface area contributed by atoms with Crippen LogP contribution in [0.25, 0.3) is 0 Å². The van der Waals surface area contributed by atoms with Crippen LogP contribution in [0.1, 0.15) is 78.4 Å². The van der Waals surface area contributed by atoms with Gasteiger partial charge in [0, 0.05) is 17.7 Å². The van der Waals surface area contributed by atoms with Crippen LogP contribution in [0.3, 0.4) is 0 Å². The van der Waals surface area contributed by atoms with Crippen molar-refractivity contribution in [2.24, 2.45) is 0 Å². The maximum Gasteiger partial charge on any atom is 0.326 e. The number of anilines is 1. The average molecular weight is 537 g/mol. The average Bonchev–Trinajstić information content (AvgIpc) is 2.84. The second kappa shape index (κ2) is 13.8. The zero-order chi connectivity index (χ0) is 28.5. The minimum absolute atomic E-state index is 0.0939. The quantitative estimate of drug-likeness (QED) is 0.302. The highest BCUT2D eigenvalue weighted by Gasteiger charge is 2.25. The Morgan fingerprint density at radius 2 is 1.50 bits per heavy atom. The molecular weight excluding hydrogens is 500 g/mol. The SMILES string of the molecule is CCC.Cc1cccc(Cl)c1C(=O)Nc1ccc(CC(NC(=O)c2ccccc2C(C)(C)C)C(=O)O)cc1. The monoisotopic (exact) mass is 536 g/mol. The number of carboxylic acid groups (broad SMARTS) is 1. The zero-order valence-electron chi connectivity index (χ0n) is 22.9. The van der Waals surface area contributed by atoms with Gasteiger partial charge < -0.3 is 15.7 Å². The molecular formula is C31H37ClN2O4. The van der Waals surface area contributed by atoms with Crippen LogP contribution in [-0.4, -0.2) is 28.9 Å². The summed E-state index contributed by atoms with van der Waals surface area (Å²) >= 11 is 6.17. The molecule has 7 heteroatoms. The third-order valence-electron chi connectivity index (χ3n) is 5.68. The fraction of sp³-hybridized carbons (Fsp3) is 0.323. The van der Waals surface area contributed by atoms with Gasteiger partial charge >= 0.3 is 5.97 Å². The lowest BCUT2D eigenvalue weighted by molar-refractivity contribution is -0.139. The number of aliphatic carboxylic acids is 1. The van der Waals surface area contributed by atoms with E-state index in [1.807, 2.05) is 45.9 Å². The van der Waals surface area contributed by atoms with Gasteiger partial charge in [0.2, 0.25) is 0 Å². The summed E-state index contributed by atoms with van der Waals surface area (Å²) in [7, 11) is 0. The van der Waals surface area contributed by atoms with E-state index in [9.17, 15) is 19.5 Å². The van der Waals surface area contributed by atoms with Crippen molar-refractivity contribution in [3.8, 4) is 0 Å². The van der Waals surface area contributed by atoms with E-state index in [1.165, 1.54) is 6.42 Å². The topological polar surface area (TPSA) is 95.5 Å². The van der Waals surface area contributed by atoms with E-state index < -0.39 is 17.9 Å². The summed E-state index contributed by atoms with van der Waals surface area (Å²) in [5.74, 6) is -1.88. The summed E-state index contributed by atoms with van der Waals surface area (Å²) in [5, 5.41) is 15.6. The molecule has 2 amide bonds. The molecule has 0 aliphatic heterocycles. The Balaban J connectivity index is 0.00000161. The number of halogens is 1. The molecule has 0 fully saturated rings. The fourth-order valence-corrected chi connectivity index (χ4v) is 4.15. The van der Waals surface area contributed by atoms with Gasteiger partial charge in [0.05, 0.1) is 10.6 Å². The largest absolute Gasteiger partial charge is 0.480 e. The van der Waals surface area contributed by atoms with Crippen molar-refractivity contribution < 1.29 is 19.5 Å². The van der Waals surface area contributed by atoms with Crippen molar-refractivity contribution in [2.75, 3.05) is 5.32 Å². The molecule has 0 heterocycles. The molecule has 6 nitrogen and oxygen atoms in total. The predicted molar refractivity (Wildman–Crippen MR) is 154 cm³/mol. The highest BCUT2D eigenvalue weighted by atomic mass is 35.5. The Hall–Kier alpha value is -3.64. The molecule has 0 aromatic heterocycles. The molecule has 0 bridgehead atoms. The van der Waals surface area contributed by atoms with E-state index in [4.69, 9.17) is 11.6 Å². The van der Waals surface area contributed by atoms with E-state index in [-0.39, 0.29) is 17.7 Å². The number of carboxylic acids is 1. The second-order valence-electron chi connectivity index (χ2n) is 10.2. The first kappa shape index (κ1) is 30.6. The van der Waals surface area contributed by atoms with E-state index in [1.54, 1.807) is 48.5 Å². The third-order valence-corrected chi connectivity index (χ3v) is 6.00. The summed E-state index contributed by atoms with van der Waals surface area (Å²) in [6.07, 6.45) is 1.34. The van der Waals surface area contributed by atoms with Gasteiger partial charge in [-0.05, 0) is 53.3 Å². The Bertz CT molecular complexity index is 1240. The van der Waals surface area contributed by atoms with Gasteiger partial charge in [-0.2, -0.15) is 0 Å². The molecule has 3 rings (SSSR count). The molecule has 0 spiro atoms. The van der Waals surface area contributed by atoms with Crippen molar-refractivity contribution >= 4 is 35.1 Å². The van der Waals surface area contributed by atoms with Gasteiger partial charge in [-0.1, -0.05) is 95.1 Å². The number of nitrogens with one attached hydrogen (secondary N) is 2. The van der Waals surface area contributed by atoms with Crippen LogP contribution in [0.5, 0.6) is 0 Å². The van der Waals surface area contributed by atoms with Crippen molar-refractivity contribution in [3.63, 3.8) is 0 Å². The summed E-state index contributed by atoms with van der Waals surface area (Å²) in [4.78, 5) is 37.5. The molecule has 0 saturated carbocycles. The van der Waals surface area contributed by atoms with Crippen LogP contribution >= 0.6 is 11.6 Å². The molecule has 202 valence electrons. The van der Waals surface area contributed by atoms with E-state index in [0.717, 1.165) is 11.1 Å². The van der Waals surface area contributed by atoms with Crippen LogP contribution in [0, 0.1) is 6.92 Å². The van der Waals surface area contributed by atoms with Gasteiger partial charge in [-0.15, -0.1) is 0 Å². The number of carbonyl (C=O) groups excluding carboxylic acids is 2. The number of hydrogen-bond acceptors (Lipinski definition) is 3. The van der Waals surface area contributed by atoms with Crippen molar-refractivity contribution in [1.29, 1.82) is 0 Å². The molecule has 1 unspecified atom stereocenters. The minimum atomic E-state index is -1.13. The highest BCUT2D eigenvalue weighted by molar-refractivity contribution is 6.34. The van der Waals surface area contributed by atoms with Gasteiger partial charge in [-0.25, -0.2) is 4.79 Å². The third kappa shape index (κ3) is 8.45. The fourth-order valence-electron chi connectivity index (χ4n) is 3.84. The first-order valence-electron chi connectivity index (χ1n) is 12.7. The summed E-state index contributed by atoms with van der Waals surface area (Å²) < 4.78 is 0. The number of hydrogen-bond donors (Lipinski definition) is 3. The predicted octanol–water partition coefficient (Wildman–Crippen LogP) is 7.04. The van der Waals surface area contributed by atoms with Gasteiger partial charge in [0.15, 0.2) is 0 Å². The van der Waals surface area contributed by atoms with E-state index in [2.05, 4.69) is 24.5 Å². The standard InChI is InChI=1S/C28H29ClN2O4.C3H8/c1-17-8-7-11-22(29)24(17)26(33)30-19-14-12-18(13-15-19)16-23(27(34)35)31-25(32)20-9-5-6-10-21(20)28(2,3)4;1-3-2/h5-15,23H,16H2,1-4H3,(H,30,33)(H,31,32)(H,34,35);3H2,1-2H3. The molecule has 38 heavy (non-hydrogen) atoms. The van der Waals surface area contributed by atoms with Crippen LogP contribution in [-0.2, 0) is 16.6 Å². The van der Waals surface area contributed by atoms with Crippen LogP contribution in [0.4, 0.5) is 5.69 Å². The lowest BCUT2D eigenvalue weighted by Crippen LogP contribution is -2.43. The minimum Gasteiger partial charge on any atom is -0.480 e. The Labute approximate surface area is 230 Å². The summed E-state index contributed by atoms with van der Waals surface area (Å²) in [6, 6.07) is 18.2. The van der Waals surface area contributed by atoms with Crippen LogP contribution in [0.2, 0.25) is 5.02 Å². The van der Waals surface area contributed by atoms with Crippen molar-refractivity contribution in [3.05, 3.63) is 99.6 Å². The molecule has 3 aromatic rings. The van der Waals surface area contributed by atoms with Gasteiger partial charge in [-0.3, -0.25) is 9.59 Å². The summed E-state index contributed by atoms with van der Waals surface area (Å²) in [6.45, 7) is 12.1. The molecule has 3 N–H and O–H groups in total. The van der Waals surface area contributed by atoms with E-state index >= 15 is 0 Å². The van der Waals surface area contributed by atoms with Crippen LogP contribution in [0.15, 0.2) is 66.7 Å². The lowest BCUT2D eigenvalue weighted by Gasteiger charge is -2.23. The number of rotatable bonds is 7. The highest BCUT2D eigenvalue weighted by Crippen LogP contribution is 2.26. The smallest absolute Gasteiger partial charge is 0.326 e. The van der Waals surface area contributed by atoms with Crippen molar-refractivity contribution in [2.45, 2.75) is 65.8 Å². The number of benzene rings is 3. The maximum atomic E-state index is 12.9. The number of amides is 2. The molecule has 0 radical (unpaired) electrons. The Morgan fingerprint density at radius 1 is 0.895 bits per heavy atom. The van der Waals surface area contributed by atoms with E-state index in [0.29, 0.717) is 27.4 Å². The summed E-state index contributed by atoms with van der Waals surface area (Å²) in [5.41, 5.74) is 3.45. The molecule has 0 saturated heterocycles. The Morgan fingerprint density at radius 3 is 2.05 bits per heavy atom.